The van der Waals surface area contributed by atoms with Crippen LogP contribution in [0.1, 0.15) is 26.5 Å². The number of halogens is 1. The molecule has 47 heavy (non-hydrogen) atoms. The van der Waals surface area contributed by atoms with Crippen LogP contribution in [0.25, 0.3) is 43.9 Å². The maximum Gasteiger partial charge on any atom is 0.411 e. The van der Waals surface area contributed by atoms with Gasteiger partial charge in [0.05, 0.1) is 25.5 Å². The number of thiophene rings is 1. The summed E-state index contributed by atoms with van der Waals surface area (Å²) in [6, 6.07) is 16.5. The van der Waals surface area contributed by atoms with E-state index in [-0.39, 0.29) is 19.9 Å². The van der Waals surface area contributed by atoms with E-state index in [1.54, 1.807) is 22.0 Å². The van der Waals surface area contributed by atoms with Gasteiger partial charge < -0.3 is 14.2 Å². The number of fused-ring (bicyclic) bond motifs is 5. The Balaban J connectivity index is 0.00000386. The minimum Gasteiger partial charge on any atom is -0.493 e. The first-order chi connectivity index (χ1) is 22.5. The Morgan fingerprint density at radius 2 is 1.87 bits per heavy atom. The second-order valence-electron chi connectivity index (χ2n) is 10.9. The van der Waals surface area contributed by atoms with Crippen LogP contribution >= 0.6 is 11.3 Å². The van der Waals surface area contributed by atoms with Gasteiger partial charge in [-0.15, -0.1) is 11.3 Å². The molecular formula is C37H36FN4O4S+. The van der Waals surface area contributed by atoms with Crippen molar-refractivity contribution in [3.63, 3.8) is 0 Å². The third-order valence-electron chi connectivity index (χ3n) is 8.15. The molecule has 8 nitrogen and oxygen atoms in total. The molecule has 2 bridgehead atoms. The van der Waals surface area contributed by atoms with Crippen molar-refractivity contribution in [2.75, 3.05) is 33.0 Å². The van der Waals surface area contributed by atoms with Gasteiger partial charge in [0.2, 0.25) is 5.71 Å². The maximum atomic E-state index is 14.7. The van der Waals surface area contributed by atoms with Gasteiger partial charge in [-0.05, 0) is 48.2 Å². The number of pyridine rings is 1. The third kappa shape index (κ3) is 6.14. The highest BCUT2D eigenvalue weighted by Crippen LogP contribution is 2.47. The van der Waals surface area contributed by atoms with Crippen LogP contribution in [-0.2, 0) is 16.1 Å². The number of rotatable bonds is 2. The van der Waals surface area contributed by atoms with Crippen LogP contribution in [-0.4, -0.2) is 63.9 Å². The molecule has 0 aliphatic carbocycles. The van der Waals surface area contributed by atoms with Crippen LogP contribution in [0.3, 0.4) is 0 Å². The topological polar surface area (TPSA) is 78.5 Å². The first-order valence-electron chi connectivity index (χ1n) is 15.2. The van der Waals surface area contributed by atoms with E-state index in [0.29, 0.717) is 62.0 Å². The molecule has 7 rings (SSSR count). The van der Waals surface area contributed by atoms with Crippen molar-refractivity contribution in [2.45, 2.75) is 27.3 Å². The first-order valence-corrected chi connectivity index (χ1v) is 16.1. The molecule has 10 heteroatoms. The minimum atomic E-state index is -0.404. The predicted molar refractivity (Wildman–Crippen MR) is 184 cm³/mol. The molecular weight excluding hydrogens is 615 g/mol. The van der Waals surface area contributed by atoms with Crippen molar-refractivity contribution in [1.82, 2.24) is 14.8 Å². The van der Waals surface area contributed by atoms with Gasteiger partial charge in [0.1, 0.15) is 47.5 Å². The fourth-order valence-electron chi connectivity index (χ4n) is 5.94. The predicted octanol–water partition coefficient (Wildman–Crippen LogP) is 7.55. The number of hydrogen-bond donors (Lipinski definition) is 0. The lowest BCUT2D eigenvalue weighted by atomic mass is 9.96. The summed E-state index contributed by atoms with van der Waals surface area (Å²) in [5.74, 6) is 0.559. The molecule has 0 N–H and O–H groups in total. The molecule has 2 aromatic carbocycles. The van der Waals surface area contributed by atoms with Crippen LogP contribution in [0, 0.1) is 5.82 Å². The number of amides is 1. The first kappa shape index (κ1) is 32.0. The van der Waals surface area contributed by atoms with Crippen LogP contribution in [0.5, 0.6) is 11.5 Å². The Bertz CT molecular complexity index is 2040. The fraction of sp³-hybridized carbons (Fsp3) is 0.243. The van der Waals surface area contributed by atoms with Crippen LogP contribution < -0.4 is 9.47 Å². The standard InChI is InChI=1S/C36H32FN4O4S.CH4/c1-3-32(42)40-14-15-41-29(23(40)2)22-28(39-41)35-33-25-12-11-24(37)21-31(25)45-19-18-43-16-7-4-8-17-44-30-10-6-5-9-26(30)34(38-35)27-13-20-46-36(27)33;/h3-7,9-13,20-22H,1,8,14-19H2,2H3;1H4/q+1;/b7-4+;. The summed E-state index contributed by atoms with van der Waals surface area (Å²) in [7, 11) is 0. The van der Waals surface area contributed by atoms with E-state index in [9.17, 15) is 9.18 Å². The van der Waals surface area contributed by atoms with Gasteiger partial charge in [-0.25, -0.2) is 14.2 Å². The zero-order valence-electron chi connectivity index (χ0n) is 25.4. The Morgan fingerprint density at radius 3 is 2.74 bits per heavy atom. The Kier molecular flexibility index (Phi) is 9.42. The van der Waals surface area contributed by atoms with Crippen molar-refractivity contribution in [3.8, 4) is 45.3 Å². The van der Waals surface area contributed by atoms with E-state index >= 15 is 0 Å². The molecule has 2 aliphatic heterocycles. The number of nitrogens with zero attached hydrogens (tertiary/aromatic N) is 4. The van der Waals surface area contributed by atoms with Crippen molar-refractivity contribution in [1.29, 1.82) is 0 Å². The summed E-state index contributed by atoms with van der Waals surface area (Å²) >= 11 is 1.58. The van der Waals surface area contributed by atoms with E-state index in [0.717, 1.165) is 44.1 Å². The molecule has 2 aliphatic rings. The van der Waals surface area contributed by atoms with Crippen LogP contribution in [0.2, 0.25) is 0 Å². The Morgan fingerprint density at radius 1 is 1.02 bits per heavy atom. The molecule has 0 saturated heterocycles. The number of hydrogen-bond acceptors (Lipinski definition) is 7. The highest BCUT2D eigenvalue weighted by atomic mass is 32.1. The lowest BCUT2D eigenvalue weighted by molar-refractivity contribution is -0.448. The second-order valence-corrected chi connectivity index (χ2v) is 11.8. The van der Waals surface area contributed by atoms with Gasteiger partial charge in [-0.3, -0.25) is 4.68 Å². The molecule has 0 saturated carbocycles. The molecule has 0 fully saturated rings. The van der Waals surface area contributed by atoms with E-state index in [2.05, 4.69) is 12.6 Å². The lowest BCUT2D eigenvalue weighted by Gasteiger charge is -2.18. The van der Waals surface area contributed by atoms with E-state index < -0.39 is 5.82 Å². The van der Waals surface area contributed by atoms with E-state index in [1.807, 2.05) is 59.5 Å². The molecule has 1 amide bonds. The summed E-state index contributed by atoms with van der Waals surface area (Å²) in [6.07, 6.45) is 6.03. The summed E-state index contributed by atoms with van der Waals surface area (Å²) in [6.45, 7) is 8.10. The average molecular weight is 652 g/mol. The second kappa shape index (κ2) is 13.8. The highest BCUT2D eigenvalue weighted by Gasteiger charge is 2.31. The smallest absolute Gasteiger partial charge is 0.411 e. The van der Waals surface area contributed by atoms with Crippen LogP contribution in [0.4, 0.5) is 4.39 Å². The minimum absolute atomic E-state index is 0. The number of benzene rings is 2. The summed E-state index contributed by atoms with van der Waals surface area (Å²) in [5.41, 5.74) is 5.96. The normalized spacial score (nSPS) is 15.6. The SMILES string of the molecule is C.C=CC(=O)[N+]1=C(C)c2cc(-c3nc4c5ccsc5c3-c3ccc(F)cc3OCCOC/C=C/CCOc3ccccc3-4)nn2CC1. The largest absolute Gasteiger partial charge is 0.493 e. The number of aromatic nitrogens is 3. The molecule has 0 radical (unpaired) electrons. The maximum absolute atomic E-state index is 14.7. The van der Waals surface area contributed by atoms with Crippen molar-refractivity contribution < 1.29 is 28.0 Å². The van der Waals surface area contributed by atoms with Gasteiger partial charge in [-0.2, -0.15) is 9.67 Å². The van der Waals surface area contributed by atoms with Gasteiger partial charge in [0.15, 0.2) is 6.54 Å². The number of para-hydroxylation sites is 1. The summed E-state index contributed by atoms with van der Waals surface area (Å²) < 4.78 is 37.5. The zero-order valence-corrected chi connectivity index (χ0v) is 26.2. The number of carbonyl (C=O) groups excluding carboxylic acids is 1. The number of carbonyl (C=O) groups is 1. The van der Waals surface area contributed by atoms with Crippen molar-refractivity contribution in [2.24, 2.45) is 0 Å². The fourth-order valence-corrected chi connectivity index (χ4v) is 6.90. The summed E-state index contributed by atoms with van der Waals surface area (Å²) in [4.78, 5) is 17.9. The number of ether oxygens (including phenoxy) is 3. The Hall–Kier alpha value is -4.93. The Labute approximate surface area is 277 Å². The van der Waals surface area contributed by atoms with E-state index in [4.69, 9.17) is 24.3 Å². The molecule has 5 heterocycles. The monoisotopic (exact) mass is 651 g/mol. The van der Waals surface area contributed by atoms with Gasteiger partial charge >= 0.3 is 5.91 Å². The lowest BCUT2D eigenvalue weighted by Crippen LogP contribution is -2.35. The highest BCUT2D eigenvalue weighted by molar-refractivity contribution is 7.18. The van der Waals surface area contributed by atoms with Gasteiger partial charge in [0.25, 0.3) is 0 Å². The van der Waals surface area contributed by atoms with Gasteiger partial charge in [-0.1, -0.05) is 38.3 Å². The average Bonchev–Trinajstić information content (AvgIpc) is 3.74. The molecule has 5 aromatic rings. The van der Waals surface area contributed by atoms with Crippen molar-refractivity contribution >= 4 is 33.0 Å². The van der Waals surface area contributed by atoms with E-state index in [1.165, 1.54) is 18.2 Å². The molecule has 0 spiro atoms. The molecule has 0 unspecified atom stereocenters. The molecule has 240 valence electrons. The zero-order chi connectivity index (χ0) is 31.6. The summed E-state index contributed by atoms with van der Waals surface area (Å²) in [5, 5.41) is 7.99. The molecule has 0 atom stereocenters. The quantitative estimate of drug-likeness (QED) is 0.111. The molecule has 3 aromatic heterocycles. The van der Waals surface area contributed by atoms with Crippen molar-refractivity contribution in [3.05, 3.63) is 96.3 Å². The van der Waals surface area contributed by atoms with Crippen LogP contribution in [0.15, 0.2) is 84.8 Å². The van der Waals surface area contributed by atoms with Gasteiger partial charge in [0, 0.05) is 45.8 Å². The third-order valence-corrected chi connectivity index (χ3v) is 9.08.